The van der Waals surface area contributed by atoms with Gasteiger partial charge in [0, 0.05) is 6.42 Å². The van der Waals surface area contributed by atoms with E-state index in [1.54, 1.807) is 0 Å². The predicted octanol–water partition coefficient (Wildman–Crippen LogP) is 2.96. The van der Waals surface area contributed by atoms with Crippen molar-refractivity contribution in [2.75, 3.05) is 6.61 Å². The fraction of sp³-hybridized carbons (Fsp3) is 0.846. The van der Waals surface area contributed by atoms with Crippen LogP contribution in [0.4, 0.5) is 13.2 Å². The number of carbonyl (C=O) groups excluding carboxylic acids is 2. The zero-order chi connectivity index (χ0) is 15.6. The minimum Gasteiger partial charge on any atom is -0.455 e. The maximum Gasteiger partial charge on any atom is 0.422 e. The minimum absolute atomic E-state index is 0.264. The molecule has 0 unspecified atom stereocenters. The highest BCUT2D eigenvalue weighted by atomic mass is 19.4. The van der Waals surface area contributed by atoms with E-state index in [-0.39, 0.29) is 12.3 Å². The summed E-state index contributed by atoms with van der Waals surface area (Å²) in [5, 5.41) is 2.33. The number of unbranched alkanes of at least 4 members (excludes halogenated alkanes) is 4. The van der Waals surface area contributed by atoms with Gasteiger partial charge in [0.2, 0.25) is 5.91 Å². The van der Waals surface area contributed by atoms with Crippen molar-refractivity contribution in [1.29, 1.82) is 0 Å². The largest absolute Gasteiger partial charge is 0.455 e. The molecule has 0 saturated carbocycles. The Labute approximate surface area is 117 Å². The fourth-order valence-electron chi connectivity index (χ4n) is 1.54. The lowest BCUT2D eigenvalue weighted by Gasteiger charge is -2.14. The van der Waals surface area contributed by atoms with Crippen LogP contribution in [0.15, 0.2) is 0 Å². The van der Waals surface area contributed by atoms with Crippen molar-refractivity contribution in [2.45, 2.75) is 64.6 Å². The first-order valence-electron chi connectivity index (χ1n) is 6.79. The van der Waals surface area contributed by atoms with Crippen molar-refractivity contribution in [3.05, 3.63) is 0 Å². The Balaban J connectivity index is 3.80. The van der Waals surface area contributed by atoms with E-state index in [1.807, 2.05) is 0 Å². The van der Waals surface area contributed by atoms with Gasteiger partial charge in [-0.15, -0.1) is 0 Å². The van der Waals surface area contributed by atoms with Gasteiger partial charge in [-0.05, 0) is 13.3 Å². The van der Waals surface area contributed by atoms with Crippen molar-refractivity contribution in [3.8, 4) is 0 Å². The summed E-state index contributed by atoms with van der Waals surface area (Å²) in [4.78, 5) is 22.7. The molecule has 118 valence electrons. The molecule has 0 saturated heterocycles. The molecule has 0 aliphatic heterocycles. The number of nitrogens with one attached hydrogen (secondary N) is 1. The Kier molecular flexibility index (Phi) is 9.00. The van der Waals surface area contributed by atoms with Gasteiger partial charge in [-0.25, -0.2) is 4.79 Å². The third-order valence-corrected chi connectivity index (χ3v) is 2.62. The number of hydrogen-bond acceptors (Lipinski definition) is 3. The smallest absolute Gasteiger partial charge is 0.422 e. The average Bonchev–Trinajstić information content (AvgIpc) is 2.34. The summed E-state index contributed by atoms with van der Waals surface area (Å²) in [5.74, 6) is -1.43. The molecule has 7 heteroatoms. The molecular weight excluding hydrogens is 275 g/mol. The Morgan fingerprint density at radius 3 is 2.30 bits per heavy atom. The van der Waals surface area contributed by atoms with Crippen molar-refractivity contribution in [3.63, 3.8) is 0 Å². The normalized spacial score (nSPS) is 12.8. The van der Waals surface area contributed by atoms with E-state index in [4.69, 9.17) is 0 Å². The molecule has 0 rings (SSSR count). The topological polar surface area (TPSA) is 55.4 Å². The van der Waals surface area contributed by atoms with Crippen LogP contribution in [0.3, 0.4) is 0 Å². The Morgan fingerprint density at radius 2 is 1.75 bits per heavy atom. The standard InChI is InChI=1S/C13H22F3NO3/c1-3-4-5-6-7-8-11(18)17-10(2)12(19)20-9-13(14,15)16/h10H,3-9H2,1-2H3,(H,17,18)/t10-/m0/s1. The van der Waals surface area contributed by atoms with E-state index in [1.165, 1.54) is 6.92 Å². The highest BCUT2D eigenvalue weighted by molar-refractivity contribution is 5.84. The lowest BCUT2D eigenvalue weighted by molar-refractivity contribution is -0.187. The van der Waals surface area contributed by atoms with Crippen LogP contribution in [-0.4, -0.2) is 30.7 Å². The summed E-state index contributed by atoms with van der Waals surface area (Å²) < 4.78 is 39.6. The second-order valence-electron chi connectivity index (χ2n) is 4.68. The number of amides is 1. The van der Waals surface area contributed by atoms with Gasteiger partial charge in [-0.1, -0.05) is 32.6 Å². The summed E-state index contributed by atoms with van der Waals surface area (Å²) in [5.41, 5.74) is 0. The lowest BCUT2D eigenvalue weighted by atomic mass is 10.1. The summed E-state index contributed by atoms with van der Waals surface area (Å²) in [7, 11) is 0. The van der Waals surface area contributed by atoms with Gasteiger partial charge < -0.3 is 10.1 Å². The molecule has 0 aromatic heterocycles. The fourth-order valence-corrected chi connectivity index (χ4v) is 1.54. The SMILES string of the molecule is CCCCCCCC(=O)N[C@@H](C)C(=O)OCC(F)(F)F. The maximum atomic E-state index is 11.8. The number of alkyl halides is 3. The Hall–Kier alpha value is -1.27. The van der Waals surface area contributed by atoms with Crippen molar-refractivity contribution < 1.29 is 27.5 Å². The first kappa shape index (κ1) is 18.7. The zero-order valence-corrected chi connectivity index (χ0v) is 11.9. The maximum absolute atomic E-state index is 11.8. The van der Waals surface area contributed by atoms with E-state index in [9.17, 15) is 22.8 Å². The Bertz CT molecular complexity index is 306. The summed E-state index contributed by atoms with van der Waals surface area (Å²) >= 11 is 0. The molecule has 0 fully saturated rings. The van der Waals surface area contributed by atoms with E-state index >= 15 is 0 Å². The molecule has 0 bridgehead atoms. The first-order valence-corrected chi connectivity index (χ1v) is 6.79. The molecule has 0 aromatic rings. The molecule has 20 heavy (non-hydrogen) atoms. The van der Waals surface area contributed by atoms with Crippen LogP contribution in [0.25, 0.3) is 0 Å². The molecule has 4 nitrogen and oxygen atoms in total. The van der Waals surface area contributed by atoms with Crippen molar-refractivity contribution >= 4 is 11.9 Å². The van der Waals surface area contributed by atoms with Gasteiger partial charge >= 0.3 is 12.1 Å². The number of hydrogen-bond donors (Lipinski definition) is 1. The number of halogens is 3. The third-order valence-electron chi connectivity index (χ3n) is 2.62. The van der Waals surface area contributed by atoms with E-state index in [0.717, 1.165) is 25.7 Å². The van der Waals surface area contributed by atoms with Gasteiger partial charge in [0.1, 0.15) is 6.04 Å². The third kappa shape index (κ3) is 10.6. The van der Waals surface area contributed by atoms with Crippen LogP contribution in [-0.2, 0) is 14.3 Å². The van der Waals surface area contributed by atoms with Crippen LogP contribution in [0.2, 0.25) is 0 Å². The number of rotatable bonds is 9. The second-order valence-corrected chi connectivity index (χ2v) is 4.68. The van der Waals surface area contributed by atoms with E-state index in [2.05, 4.69) is 17.0 Å². The van der Waals surface area contributed by atoms with Gasteiger partial charge in [-0.2, -0.15) is 13.2 Å². The van der Waals surface area contributed by atoms with Gasteiger partial charge in [0.05, 0.1) is 0 Å². The van der Waals surface area contributed by atoms with Crippen molar-refractivity contribution in [2.24, 2.45) is 0 Å². The molecule has 0 spiro atoms. The number of esters is 1. The molecule has 0 aliphatic rings. The molecule has 0 aliphatic carbocycles. The van der Waals surface area contributed by atoms with Crippen LogP contribution in [0.5, 0.6) is 0 Å². The van der Waals surface area contributed by atoms with E-state index < -0.39 is 24.8 Å². The van der Waals surface area contributed by atoms with Crippen LogP contribution < -0.4 is 5.32 Å². The monoisotopic (exact) mass is 297 g/mol. The van der Waals surface area contributed by atoms with Gasteiger partial charge in [0.15, 0.2) is 6.61 Å². The zero-order valence-electron chi connectivity index (χ0n) is 11.9. The van der Waals surface area contributed by atoms with Crippen LogP contribution >= 0.6 is 0 Å². The highest BCUT2D eigenvalue weighted by Crippen LogP contribution is 2.14. The minimum atomic E-state index is -4.56. The first-order chi connectivity index (χ1) is 9.26. The Morgan fingerprint density at radius 1 is 1.15 bits per heavy atom. The average molecular weight is 297 g/mol. The van der Waals surface area contributed by atoms with Crippen LogP contribution in [0, 0.1) is 0 Å². The summed E-state index contributed by atoms with van der Waals surface area (Å²) in [6.45, 7) is 1.75. The summed E-state index contributed by atoms with van der Waals surface area (Å²) in [6.07, 6.45) is 0.604. The van der Waals surface area contributed by atoms with Gasteiger partial charge in [-0.3, -0.25) is 4.79 Å². The highest BCUT2D eigenvalue weighted by Gasteiger charge is 2.30. The lowest BCUT2D eigenvalue weighted by Crippen LogP contribution is -2.40. The van der Waals surface area contributed by atoms with Crippen molar-refractivity contribution in [1.82, 2.24) is 5.32 Å². The number of carbonyl (C=O) groups is 2. The molecule has 1 amide bonds. The molecule has 0 aromatic carbocycles. The molecule has 1 N–H and O–H groups in total. The van der Waals surface area contributed by atoms with Crippen LogP contribution in [0.1, 0.15) is 52.4 Å². The van der Waals surface area contributed by atoms with E-state index in [0.29, 0.717) is 6.42 Å². The number of ether oxygens (including phenoxy) is 1. The molecule has 0 radical (unpaired) electrons. The summed E-state index contributed by atoms with van der Waals surface area (Å²) in [6, 6.07) is -1.07. The van der Waals surface area contributed by atoms with Gasteiger partial charge in [0.25, 0.3) is 0 Å². The predicted molar refractivity (Wildman–Crippen MR) is 68.0 cm³/mol. The molecule has 0 heterocycles. The molecule has 1 atom stereocenters. The molecular formula is C13H22F3NO3. The second kappa shape index (κ2) is 9.61. The quantitative estimate of drug-likeness (QED) is 0.526.